The van der Waals surface area contributed by atoms with Gasteiger partial charge in [0.05, 0.1) is 36.5 Å². The van der Waals surface area contributed by atoms with Gasteiger partial charge in [0.25, 0.3) is 0 Å². The van der Waals surface area contributed by atoms with E-state index >= 15 is 0 Å². The molecule has 0 unspecified atom stereocenters. The highest BCUT2D eigenvalue weighted by Crippen LogP contribution is 2.37. The van der Waals surface area contributed by atoms with Gasteiger partial charge in [0.15, 0.2) is 11.4 Å². The van der Waals surface area contributed by atoms with Crippen LogP contribution in [0.1, 0.15) is 25.3 Å². The number of ether oxygens (including phenoxy) is 1. The molecule has 0 saturated carbocycles. The molecule has 9 nitrogen and oxygen atoms in total. The summed E-state index contributed by atoms with van der Waals surface area (Å²) in [4.78, 5) is 17.4. The highest BCUT2D eigenvalue weighted by atomic mass is 16.5. The van der Waals surface area contributed by atoms with E-state index in [2.05, 4.69) is 56.9 Å². The van der Waals surface area contributed by atoms with Crippen molar-refractivity contribution >= 4 is 22.5 Å². The van der Waals surface area contributed by atoms with Crippen LogP contribution < -0.4 is 9.64 Å². The second kappa shape index (κ2) is 8.13. The summed E-state index contributed by atoms with van der Waals surface area (Å²) in [7, 11) is 1.65. The van der Waals surface area contributed by atoms with Crippen LogP contribution in [0.5, 0.6) is 5.75 Å². The number of pyridine rings is 2. The van der Waals surface area contributed by atoms with Crippen LogP contribution in [0.3, 0.4) is 0 Å². The van der Waals surface area contributed by atoms with Crippen LogP contribution in [0.25, 0.3) is 27.9 Å². The number of hydrogen-bond donors (Lipinski definition) is 1. The Hall–Kier alpha value is -3.64. The highest BCUT2D eigenvalue weighted by molar-refractivity contribution is 5.90. The molecule has 5 rings (SSSR count). The van der Waals surface area contributed by atoms with E-state index in [0.717, 1.165) is 54.3 Å². The van der Waals surface area contributed by atoms with Crippen molar-refractivity contribution in [1.82, 2.24) is 29.5 Å². The first-order valence-corrected chi connectivity index (χ1v) is 10.8. The normalized spacial score (nSPS) is 15.0. The molecule has 4 aromatic rings. The number of nitrogens with one attached hydrogen (secondary N) is 1. The lowest BCUT2D eigenvalue weighted by atomic mass is 9.99. The lowest BCUT2D eigenvalue weighted by Gasteiger charge is -2.34. The molecule has 1 aliphatic rings. The Kier molecular flexibility index (Phi) is 5.15. The minimum Gasteiger partial charge on any atom is -0.493 e. The molecule has 0 aromatic carbocycles. The summed E-state index contributed by atoms with van der Waals surface area (Å²) in [6, 6.07) is 8.42. The average Bonchev–Trinajstić information content (AvgIpc) is 3.43. The van der Waals surface area contributed by atoms with E-state index in [4.69, 9.17) is 15.0 Å². The summed E-state index contributed by atoms with van der Waals surface area (Å²) in [6.45, 7) is 8.35. The first-order valence-electron chi connectivity index (χ1n) is 10.8. The van der Waals surface area contributed by atoms with Gasteiger partial charge < -0.3 is 14.6 Å². The summed E-state index contributed by atoms with van der Waals surface area (Å²) in [6.07, 6.45) is 3.50. The average molecular weight is 431 g/mol. The van der Waals surface area contributed by atoms with E-state index in [9.17, 15) is 0 Å². The first-order chi connectivity index (χ1) is 15.6. The van der Waals surface area contributed by atoms with Gasteiger partial charge in [0, 0.05) is 43.5 Å². The molecular formula is C23H26N8O. The minimum atomic E-state index is 0.270. The van der Waals surface area contributed by atoms with Gasteiger partial charge in [-0.2, -0.15) is 10.4 Å². The molecule has 0 spiro atoms. The molecule has 4 aromatic heterocycles. The van der Waals surface area contributed by atoms with Crippen molar-refractivity contribution in [2.75, 3.05) is 44.7 Å². The number of fused-ring (bicyclic) bond motifs is 2. The Morgan fingerprint density at radius 2 is 2.03 bits per heavy atom. The predicted molar refractivity (Wildman–Crippen MR) is 123 cm³/mol. The maximum atomic E-state index is 8.94. The van der Waals surface area contributed by atoms with E-state index in [1.54, 1.807) is 11.6 Å². The Bertz CT molecular complexity index is 1310. The Morgan fingerprint density at radius 1 is 1.22 bits per heavy atom. The Balaban J connectivity index is 1.57. The number of nitriles is 1. The standard InChI is InChI=1S/C23H26N8O/c1-15(2)20-21(16-12-18(32-3)23-25-14-26-31(23)13-16)27-17-4-5-19(28-22(17)20)30-10-8-29(7-6-24)9-11-30/h4-5,12-15,27H,7-11H2,1-3H3. The zero-order chi connectivity index (χ0) is 22.2. The van der Waals surface area contributed by atoms with Crippen molar-refractivity contribution in [2.24, 2.45) is 0 Å². The largest absolute Gasteiger partial charge is 0.493 e. The Morgan fingerprint density at radius 3 is 2.75 bits per heavy atom. The summed E-state index contributed by atoms with van der Waals surface area (Å²) in [5.41, 5.74) is 5.86. The van der Waals surface area contributed by atoms with E-state index < -0.39 is 0 Å². The van der Waals surface area contributed by atoms with Crippen LogP contribution in [0.2, 0.25) is 0 Å². The van der Waals surface area contributed by atoms with E-state index in [0.29, 0.717) is 17.9 Å². The fourth-order valence-corrected chi connectivity index (χ4v) is 4.46. The molecule has 1 aliphatic heterocycles. The maximum Gasteiger partial charge on any atom is 0.197 e. The molecule has 1 N–H and O–H groups in total. The smallest absolute Gasteiger partial charge is 0.197 e. The number of hydrogen-bond acceptors (Lipinski definition) is 7. The van der Waals surface area contributed by atoms with Crippen molar-refractivity contribution in [3.8, 4) is 23.1 Å². The number of aromatic amines is 1. The lowest BCUT2D eigenvalue weighted by Crippen LogP contribution is -2.46. The quantitative estimate of drug-likeness (QED) is 0.486. The monoisotopic (exact) mass is 430 g/mol. The number of methoxy groups -OCH3 is 1. The Labute approximate surface area is 186 Å². The minimum absolute atomic E-state index is 0.270. The first kappa shape index (κ1) is 20.3. The third-order valence-corrected chi connectivity index (χ3v) is 6.08. The molecule has 0 amide bonds. The molecule has 0 radical (unpaired) electrons. The number of aromatic nitrogens is 5. The third-order valence-electron chi connectivity index (χ3n) is 6.08. The number of H-pyrrole nitrogens is 1. The van der Waals surface area contributed by atoms with Crippen molar-refractivity contribution < 1.29 is 4.74 Å². The predicted octanol–water partition coefficient (Wildman–Crippen LogP) is 3.05. The molecular weight excluding hydrogens is 404 g/mol. The van der Waals surface area contributed by atoms with Crippen LogP contribution in [-0.4, -0.2) is 69.3 Å². The number of rotatable bonds is 5. The molecule has 1 fully saturated rings. The van der Waals surface area contributed by atoms with Crippen molar-refractivity contribution in [1.29, 1.82) is 5.26 Å². The highest BCUT2D eigenvalue weighted by Gasteiger charge is 2.22. The summed E-state index contributed by atoms with van der Waals surface area (Å²) < 4.78 is 7.30. The van der Waals surface area contributed by atoms with Crippen molar-refractivity contribution in [2.45, 2.75) is 19.8 Å². The molecule has 0 atom stereocenters. The fourth-order valence-electron chi connectivity index (χ4n) is 4.46. The molecule has 164 valence electrons. The van der Waals surface area contributed by atoms with Crippen LogP contribution in [-0.2, 0) is 0 Å². The van der Waals surface area contributed by atoms with Gasteiger partial charge in [-0.05, 0) is 24.1 Å². The van der Waals surface area contributed by atoms with Gasteiger partial charge in [-0.15, -0.1) is 0 Å². The summed E-state index contributed by atoms with van der Waals surface area (Å²) in [5.74, 6) is 1.93. The zero-order valence-electron chi connectivity index (χ0n) is 18.5. The summed E-state index contributed by atoms with van der Waals surface area (Å²) >= 11 is 0. The van der Waals surface area contributed by atoms with Crippen molar-refractivity contribution in [3.05, 3.63) is 36.3 Å². The van der Waals surface area contributed by atoms with E-state index in [-0.39, 0.29) is 5.92 Å². The van der Waals surface area contributed by atoms with E-state index in [1.165, 1.54) is 11.9 Å². The van der Waals surface area contributed by atoms with Gasteiger partial charge in [-0.25, -0.2) is 14.5 Å². The van der Waals surface area contributed by atoms with Crippen molar-refractivity contribution in [3.63, 3.8) is 0 Å². The van der Waals surface area contributed by atoms with Crippen LogP contribution in [0.15, 0.2) is 30.7 Å². The third kappa shape index (κ3) is 3.42. The SMILES string of the molecule is COc1cc(-c2[nH]c3ccc(N4CCN(CC#N)CC4)nc3c2C(C)C)cn2ncnc12. The molecule has 5 heterocycles. The van der Waals surface area contributed by atoms with Crippen LogP contribution in [0, 0.1) is 11.3 Å². The molecule has 32 heavy (non-hydrogen) atoms. The van der Waals surface area contributed by atoms with Crippen LogP contribution in [0.4, 0.5) is 5.82 Å². The molecule has 1 saturated heterocycles. The summed E-state index contributed by atoms with van der Waals surface area (Å²) in [5, 5.41) is 13.2. The topological polar surface area (TPSA) is 98.4 Å². The molecule has 0 bridgehead atoms. The van der Waals surface area contributed by atoms with Gasteiger partial charge in [0.1, 0.15) is 12.1 Å². The van der Waals surface area contributed by atoms with E-state index in [1.807, 2.05) is 12.3 Å². The number of anilines is 1. The second-order valence-corrected chi connectivity index (χ2v) is 8.38. The zero-order valence-corrected chi connectivity index (χ0v) is 18.5. The molecule has 9 heteroatoms. The fraction of sp³-hybridized carbons (Fsp3) is 0.391. The van der Waals surface area contributed by atoms with Gasteiger partial charge in [-0.3, -0.25) is 4.90 Å². The number of nitrogens with zero attached hydrogens (tertiary/aromatic N) is 7. The lowest BCUT2D eigenvalue weighted by molar-refractivity contribution is 0.286. The molecule has 0 aliphatic carbocycles. The van der Waals surface area contributed by atoms with Gasteiger partial charge in [-0.1, -0.05) is 13.8 Å². The van der Waals surface area contributed by atoms with Crippen LogP contribution >= 0.6 is 0 Å². The second-order valence-electron chi connectivity index (χ2n) is 8.38. The van der Waals surface area contributed by atoms with Gasteiger partial charge in [0.2, 0.25) is 0 Å². The maximum absolute atomic E-state index is 8.94. The number of piperazine rings is 1. The van der Waals surface area contributed by atoms with Gasteiger partial charge >= 0.3 is 0 Å².